The van der Waals surface area contributed by atoms with Gasteiger partial charge in [0.1, 0.15) is 12.6 Å². The number of rotatable bonds is 3. The van der Waals surface area contributed by atoms with Gasteiger partial charge in [0.05, 0.1) is 27.1 Å². The van der Waals surface area contributed by atoms with Gasteiger partial charge in [-0.15, -0.1) is 0 Å². The van der Waals surface area contributed by atoms with Crippen molar-refractivity contribution in [3.05, 3.63) is 0 Å². The van der Waals surface area contributed by atoms with E-state index in [0.717, 1.165) is 0 Å². The zero-order valence-electron chi connectivity index (χ0n) is 8.98. The second-order valence-electron chi connectivity index (χ2n) is 3.95. The molecule has 0 saturated carbocycles. The van der Waals surface area contributed by atoms with Crippen LogP contribution in [0.3, 0.4) is 0 Å². The molecule has 0 aromatic heterocycles. The molecule has 0 amide bonds. The van der Waals surface area contributed by atoms with E-state index in [2.05, 4.69) is 0 Å². The highest BCUT2D eigenvalue weighted by atomic mass is 16.4. The SMILES string of the molecule is CC(N)C(=O)O.C[N+](C)(C)CC(=O)[O-]. The lowest BCUT2D eigenvalue weighted by molar-refractivity contribution is -0.864. The zero-order valence-corrected chi connectivity index (χ0v) is 8.98. The van der Waals surface area contributed by atoms with Crippen LogP contribution in [0, 0.1) is 0 Å². The lowest BCUT2D eigenvalue weighted by Gasteiger charge is -2.23. The average Bonchev–Trinajstić information content (AvgIpc) is 1.81. The largest absolute Gasteiger partial charge is 0.544 e. The van der Waals surface area contributed by atoms with Gasteiger partial charge >= 0.3 is 5.97 Å². The molecule has 0 bridgehead atoms. The van der Waals surface area contributed by atoms with E-state index >= 15 is 0 Å². The highest BCUT2D eigenvalue weighted by molar-refractivity contribution is 5.72. The first kappa shape index (κ1) is 15.3. The molecule has 0 saturated heterocycles. The van der Waals surface area contributed by atoms with Crippen LogP contribution in [0.2, 0.25) is 0 Å². The summed E-state index contributed by atoms with van der Waals surface area (Å²) in [7, 11) is 5.40. The molecular formula is C8H18N2O4. The number of hydrogen-bond acceptors (Lipinski definition) is 4. The van der Waals surface area contributed by atoms with E-state index in [9.17, 15) is 14.7 Å². The number of hydrogen-bond donors (Lipinski definition) is 2. The molecule has 1 unspecified atom stereocenters. The molecule has 0 heterocycles. The fourth-order valence-corrected chi connectivity index (χ4v) is 0.387. The first-order valence-electron chi connectivity index (χ1n) is 4.05. The molecule has 0 radical (unpaired) electrons. The molecular weight excluding hydrogens is 188 g/mol. The fraction of sp³-hybridized carbons (Fsp3) is 0.750. The lowest BCUT2D eigenvalue weighted by atomic mass is 10.4. The number of nitrogens with zero attached hydrogens (tertiary/aromatic N) is 1. The maximum Gasteiger partial charge on any atom is 0.320 e. The Bertz CT molecular complexity index is 196. The molecule has 0 aliphatic rings. The molecule has 0 aromatic carbocycles. The molecule has 14 heavy (non-hydrogen) atoms. The molecule has 1 atom stereocenters. The van der Waals surface area contributed by atoms with Gasteiger partial charge in [-0.25, -0.2) is 0 Å². The van der Waals surface area contributed by atoms with Crippen molar-refractivity contribution in [3.63, 3.8) is 0 Å². The smallest absolute Gasteiger partial charge is 0.320 e. The molecule has 3 N–H and O–H groups in total. The Morgan fingerprint density at radius 3 is 1.71 bits per heavy atom. The van der Waals surface area contributed by atoms with Gasteiger partial charge in [0.2, 0.25) is 0 Å². The lowest BCUT2D eigenvalue weighted by Crippen LogP contribution is -2.45. The molecule has 0 aromatic rings. The van der Waals surface area contributed by atoms with E-state index in [4.69, 9.17) is 10.8 Å². The van der Waals surface area contributed by atoms with Crippen LogP contribution in [-0.2, 0) is 9.59 Å². The van der Waals surface area contributed by atoms with Crippen LogP contribution >= 0.6 is 0 Å². The van der Waals surface area contributed by atoms with E-state index in [0.29, 0.717) is 4.48 Å². The van der Waals surface area contributed by atoms with Gasteiger partial charge in [0.25, 0.3) is 0 Å². The van der Waals surface area contributed by atoms with Crippen LogP contribution in [-0.4, -0.2) is 55.3 Å². The maximum absolute atomic E-state index is 9.89. The van der Waals surface area contributed by atoms with Crippen molar-refractivity contribution in [1.82, 2.24) is 0 Å². The van der Waals surface area contributed by atoms with E-state index < -0.39 is 18.0 Å². The van der Waals surface area contributed by atoms with Crippen molar-refractivity contribution in [2.24, 2.45) is 5.73 Å². The van der Waals surface area contributed by atoms with Crippen molar-refractivity contribution in [2.75, 3.05) is 27.7 Å². The Morgan fingerprint density at radius 1 is 1.43 bits per heavy atom. The highest BCUT2D eigenvalue weighted by Gasteiger charge is 2.04. The molecule has 0 aliphatic heterocycles. The third-order valence-electron chi connectivity index (χ3n) is 0.993. The third kappa shape index (κ3) is 17.1. The fourth-order valence-electron chi connectivity index (χ4n) is 0.387. The number of aliphatic carboxylic acids is 2. The van der Waals surface area contributed by atoms with Crippen molar-refractivity contribution in [2.45, 2.75) is 13.0 Å². The van der Waals surface area contributed by atoms with E-state index in [1.807, 2.05) is 0 Å². The van der Waals surface area contributed by atoms with Crippen LogP contribution in [0.1, 0.15) is 6.92 Å². The van der Waals surface area contributed by atoms with Gasteiger partial charge in [-0.05, 0) is 6.92 Å². The van der Waals surface area contributed by atoms with Crippen molar-refractivity contribution in [3.8, 4) is 0 Å². The Labute approximate surface area is 83.5 Å². The molecule has 0 fully saturated rings. The molecule has 84 valence electrons. The van der Waals surface area contributed by atoms with Crippen LogP contribution in [0.15, 0.2) is 0 Å². The number of likely N-dealkylation sites (N-methyl/N-ethyl adjacent to an activating group) is 1. The maximum atomic E-state index is 9.89. The van der Waals surface area contributed by atoms with E-state index in [1.54, 1.807) is 21.1 Å². The molecule has 6 nitrogen and oxygen atoms in total. The summed E-state index contributed by atoms with van der Waals surface area (Å²) in [5, 5.41) is 17.8. The Morgan fingerprint density at radius 2 is 1.71 bits per heavy atom. The van der Waals surface area contributed by atoms with Crippen LogP contribution in [0.4, 0.5) is 0 Å². The van der Waals surface area contributed by atoms with Crippen molar-refractivity contribution >= 4 is 11.9 Å². The number of carbonyl (C=O) groups is 2. The normalized spacial score (nSPS) is 12.4. The minimum atomic E-state index is -1.00. The van der Waals surface area contributed by atoms with Gasteiger partial charge in [0, 0.05) is 0 Å². The number of quaternary nitrogens is 1. The third-order valence-corrected chi connectivity index (χ3v) is 0.993. The van der Waals surface area contributed by atoms with Crippen LogP contribution < -0.4 is 10.8 Å². The molecule has 0 spiro atoms. The number of carbonyl (C=O) groups excluding carboxylic acids is 1. The summed E-state index contributed by atoms with van der Waals surface area (Å²) in [5.74, 6) is -1.97. The predicted molar refractivity (Wildman–Crippen MR) is 49.2 cm³/mol. The van der Waals surface area contributed by atoms with Gasteiger partial charge in [-0.1, -0.05) is 0 Å². The highest BCUT2D eigenvalue weighted by Crippen LogP contribution is 1.84. The van der Waals surface area contributed by atoms with Gasteiger partial charge < -0.3 is 25.2 Å². The summed E-state index contributed by atoms with van der Waals surface area (Å²) < 4.78 is 0.419. The number of carboxylic acids is 2. The topological polar surface area (TPSA) is 103 Å². The van der Waals surface area contributed by atoms with Crippen LogP contribution in [0.25, 0.3) is 0 Å². The van der Waals surface area contributed by atoms with E-state index in [-0.39, 0.29) is 6.54 Å². The minimum absolute atomic E-state index is 0.0694. The Hall–Kier alpha value is -1.14. The standard InChI is InChI=1S/C5H11NO2.C3H7NO2/c1-6(2,3)4-5(7)8;1-2(4)3(5)6/h4H2,1-3H3;2H,4H2,1H3,(H,5,6). The summed E-state index contributed by atoms with van der Waals surface area (Å²) in [5.41, 5.74) is 4.84. The Kier molecular flexibility index (Phi) is 6.94. The first-order chi connectivity index (χ1) is 6.06. The number of nitrogens with two attached hydrogens (primary N) is 1. The van der Waals surface area contributed by atoms with E-state index in [1.165, 1.54) is 6.92 Å². The first-order valence-corrected chi connectivity index (χ1v) is 4.05. The quantitative estimate of drug-likeness (QED) is 0.513. The van der Waals surface area contributed by atoms with Gasteiger partial charge in [-0.3, -0.25) is 4.79 Å². The zero-order chi connectivity index (χ0) is 11.9. The second-order valence-corrected chi connectivity index (χ2v) is 3.95. The Balaban J connectivity index is 0. The summed E-state index contributed by atoms with van der Waals surface area (Å²) >= 11 is 0. The van der Waals surface area contributed by atoms with Gasteiger partial charge in [0.15, 0.2) is 0 Å². The predicted octanol–water partition coefficient (Wildman–Crippen LogP) is -2.14. The molecule has 0 rings (SSSR count). The van der Waals surface area contributed by atoms with Crippen molar-refractivity contribution < 1.29 is 24.3 Å². The monoisotopic (exact) mass is 206 g/mol. The molecule has 6 heteroatoms. The second kappa shape index (κ2) is 6.33. The average molecular weight is 206 g/mol. The van der Waals surface area contributed by atoms with Crippen molar-refractivity contribution in [1.29, 1.82) is 0 Å². The summed E-state index contributed by atoms with van der Waals surface area (Å²) in [6.07, 6.45) is 0. The summed E-state index contributed by atoms with van der Waals surface area (Å²) in [4.78, 5) is 19.5. The van der Waals surface area contributed by atoms with Gasteiger partial charge in [-0.2, -0.15) is 0 Å². The molecule has 0 aliphatic carbocycles. The minimum Gasteiger partial charge on any atom is -0.544 e. The van der Waals surface area contributed by atoms with Crippen LogP contribution in [0.5, 0.6) is 0 Å². The summed E-state index contributed by atoms with van der Waals surface area (Å²) in [6.45, 7) is 1.49. The number of carboxylic acid groups (broad SMARTS) is 2. The summed E-state index contributed by atoms with van der Waals surface area (Å²) in [6, 6.07) is -0.731.